The summed E-state index contributed by atoms with van der Waals surface area (Å²) in [5.74, 6) is 0.165. The molecule has 0 atom stereocenters. The summed E-state index contributed by atoms with van der Waals surface area (Å²) >= 11 is 13.0. The van der Waals surface area contributed by atoms with Gasteiger partial charge in [0.2, 0.25) is 11.8 Å². The SMILES string of the molecule is CCOP(=O)(Cc1nc2c(Cl)c3oc(CP(=O)(OCC)OCC)nc3c(Cl)c2o1)OCC. The Hall–Kier alpha value is -0.960. The molecule has 178 valence electrons. The zero-order chi connectivity index (χ0) is 23.5. The number of aromatic nitrogens is 2. The third kappa shape index (κ3) is 5.40. The van der Waals surface area contributed by atoms with Crippen molar-refractivity contribution in [3.05, 3.63) is 21.8 Å². The molecular weight excluding hydrogens is 505 g/mol. The van der Waals surface area contributed by atoms with Crippen LogP contribution in [0.4, 0.5) is 0 Å². The Morgan fingerprint density at radius 3 is 1.28 bits per heavy atom. The molecule has 2 heterocycles. The van der Waals surface area contributed by atoms with Gasteiger partial charge in [-0.3, -0.25) is 9.13 Å². The van der Waals surface area contributed by atoms with Crippen molar-refractivity contribution in [1.29, 1.82) is 0 Å². The number of hydrogen-bond acceptors (Lipinski definition) is 10. The van der Waals surface area contributed by atoms with Crippen LogP contribution in [0, 0.1) is 0 Å². The Bertz CT molecular complexity index is 1030. The van der Waals surface area contributed by atoms with Crippen molar-refractivity contribution in [2.24, 2.45) is 0 Å². The minimum absolute atomic E-state index is 0.0825. The van der Waals surface area contributed by atoms with E-state index in [0.29, 0.717) is 0 Å². The Kier molecular flexibility index (Phi) is 8.45. The Morgan fingerprint density at radius 2 is 1.00 bits per heavy atom. The highest BCUT2D eigenvalue weighted by molar-refractivity contribution is 7.53. The van der Waals surface area contributed by atoms with Gasteiger partial charge in [0.1, 0.15) is 33.4 Å². The first-order chi connectivity index (χ1) is 15.2. The van der Waals surface area contributed by atoms with Crippen molar-refractivity contribution >= 4 is 60.6 Å². The van der Waals surface area contributed by atoms with E-state index >= 15 is 0 Å². The van der Waals surface area contributed by atoms with E-state index in [4.69, 9.17) is 50.1 Å². The summed E-state index contributed by atoms with van der Waals surface area (Å²) in [5, 5.41) is 0.192. The van der Waals surface area contributed by atoms with Crippen molar-refractivity contribution in [3.63, 3.8) is 0 Å². The lowest BCUT2D eigenvalue weighted by Crippen LogP contribution is -1.99. The Balaban J connectivity index is 2.01. The Labute approximate surface area is 194 Å². The van der Waals surface area contributed by atoms with E-state index in [1.807, 2.05) is 0 Å². The second-order valence-electron chi connectivity index (χ2n) is 6.41. The molecular formula is C18H24Cl2N2O8P2. The van der Waals surface area contributed by atoms with Crippen LogP contribution in [-0.4, -0.2) is 36.4 Å². The van der Waals surface area contributed by atoms with Gasteiger partial charge in [0.25, 0.3) is 0 Å². The van der Waals surface area contributed by atoms with Crippen LogP contribution in [0.15, 0.2) is 8.83 Å². The highest BCUT2D eigenvalue weighted by atomic mass is 35.5. The van der Waals surface area contributed by atoms with Crippen LogP contribution >= 0.6 is 38.4 Å². The van der Waals surface area contributed by atoms with Crippen molar-refractivity contribution in [3.8, 4) is 0 Å². The standard InChI is InChI=1S/C18H24Cl2N2O8P2/c1-5-25-31(23,26-6-2)9-11-21-15-13(19)18-16(14(20)17(15)29-11)22-12(30-18)10-32(24,27-7-3)28-8-4/h5-10H2,1-4H3. The molecule has 32 heavy (non-hydrogen) atoms. The fraction of sp³-hybridized carbons (Fsp3) is 0.556. The molecule has 14 heteroatoms. The molecule has 0 spiro atoms. The predicted octanol–water partition coefficient (Wildman–Crippen LogP) is 6.81. The average Bonchev–Trinajstić information content (AvgIpc) is 3.31. The molecule has 0 fully saturated rings. The van der Waals surface area contributed by atoms with Crippen molar-refractivity contribution in [2.75, 3.05) is 26.4 Å². The summed E-state index contributed by atoms with van der Waals surface area (Å²) in [6, 6.07) is 0. The molecule has 0 aliphatic heterocycles. The quantitative estimate of drug-likeness (QED) is 0.231. The average molecular weight is 529 g/mol. The van der Waals surface area contributed by atoms with Gasteiger partial charge in [0, 0.05) is 0 Å². The van der Waals surface area contributed by atoms with E-state index in [9.17, 15) is 9.13 Å². The summed E-state index contributed by atoms with van der Waals surface area (Å²) < 4.78 is 58.2. The Morgan fingerprint density at radius 1 is 0.688 bits per heavy atom. The topological polar surface area (TPSA) is 123 Å². The molecule has 3 aromatic rings. The van der Waals surface area contributed by atoms with E-state index in [1.165, 1.54) is 0 Å². The van der Waals surface area contributed by atoms with Gasteiger partial charge in [-0.25, -0.2) is 9.97 Å². The second-order valence-corrected chi connectivity index (χ2v) is 11.3. The highest BCUT2D eigenvalue weighted by Crippen LogP contribution is 2.53. The van der Waals surface area contributed by atoms with Gasteiger partial charge >= 0.3 is 15.2 Å². The first-order valence-electron chi connectivity index (χ1n) is 10.0. The number of halogens is 2. The number of oxazole rings is 2. The van der Waals surface area contributed by atoms with Gasteiger partial charge in [-0.05, 0) is 27.7 Å². The molecule has 0 radical (unpaired) electrons. The predicted molar refractivity (Wildman–Crippen MR) is 121 cm³/mol. The molecule has 2 aromatic heterocycles. The number of hydrogen-bond donors (Lipinski definition) is 0. The molecule has 0 aliphatic carbocycles. The smallest absolute Gasteiger partial charge is 0.339 e. The lowest BCUT2D eigenvalue weighted by Gasteiger charge is -2.14. The lowest BCUT2D eigenvalue weighted by atomic mass is 10.3. The minimum atomic E-state index is -3.45. The van der Waals surface area contributed by atoms with Crippen LogP contribution in [0.3, 0.4) is 0 Å². The summed E-state index contributed by atoms with van der Waals surface area (Å²) in [4.78, 5) is 8.62. The molecule has 0 N–H and O–H groups in total. The summed E-state index contributed by atoms with van der Waals surface area (Å²) in [6.07, 6.45) is -0.385. The van der Waals surface area contributed by atoms with E-state index in [0.717, 1.165) is 0 Å². The maximum absolute atomic E-state index is 12.8. The molecule has 0 amide bonds. The first-order valence-corrected chi connectivity index (χ1v) is 14.2. The van der Waals surface area contributed by atoms with E-state index in [2.05, 4.69) is 9.97 Å². The highest BCUT2D eigenvalue weighted by Gasteiger charge is 2.31. The normalized spacial score (nSPS) is 12.9. The van der Waals surface area contributed by atoms with Crippen LogP contribution < -0.4 is 0 Å². The third-order valence-corrected chi connectivity index (χ3v) is 8.74. The molecule has 0 saturated heterocycles. The van der Waals surface area contributed by atoms with Crippen molar-refractivity contribution in [2.45, 2.75) is 40.0 Å². The number of rotatable bonds is 12. The van der Waals surface area contributed by atoms with Crippen LogP contribution in [0.25, 0.3) is 22.2 Å². The monoisotopic (exact) mass is 528 g/mol. The number of nitrogens with zero attached hydrogens (tertiary/aromatic N) is 2. The minimum Gasteiger partial charge on any atom is -0.438 e. The van der Waals surface area contributed by atoms with Gasteiger partial charge in [-0.2, -0.15) is 0 Å². The fourth-order valence-corrected chi connectivity index (χ4v) is 6.58. The molecule has 10 nitrogen and oxygen atoms in total. The zero-order valence-electron chi connectivity index (χ0n) is 18.1. The van der Waals surface area contributed by atoms with Gasteiger partial charge < -0.3 is 26.9 Å². The van der Waals surface area contributed by atoms with Crippen LogP contribution in [0.5, 0.6) is 0 Å². The van der Waals surface area contributed by atoms with E-state index in [-0.39, 0.29) is 82.8 Å². The van der Waals surface area contributed by atoms with Crippen molar-refractivity contribution in [1.82, 2.24) is 9.97 Å². The molecule has 3 rings (SSSR count). The molecule has 0 aliphatic rings. The van der Waals surface area contributed by atoms with Crippen LogP contribution in [0.2, 0.25) is 10.0 Å². The summed E-state index contributed by atoms with van der Waals surface area (Å²) in [7, 11) is -6.90. The summed E-state index contributed by atoms with van der Waals surface area (Å²) in [6.45, 7) is 7.63. The molecule has 0 bridgehead atoms. The summed E-state index contributed by atoms with van der Waals surface area (Å²) in [5.41, 5.74) is 0.714. The van der Waals surface area contributed by atoms with E-state index < -0.39 is 15.2 Å². The first kappa shape index (κ1) is 25.7. The van der Waals surface area contributed by atoms with Crippen LogP contribution in [0.1, 0.15) is 39.5 Å². The molecule has 1 aromatic carbocycles. The largest absolute Gasteiger partial charge is 0.438 e. The van der Waals surface area contributed by atoms with Crippen molar-refractivity contribution < 1.29 is 36.1 Å². The van der Waals surface area contributed by atoms with Crippen LogP contribution in [-0.2, 0) is 39.5 Å². The third-order valence-electron chi connectivity index (χ3n) is 4.12. The maximum atomic E-state index is 12.8. The fourth-order valence-electron chi connectivity index (χ4n) is 3.05. The van der Waals surface area contributed by atoms with Gasteiger partial charge in [0.05, 0.1) is 26.4 Å². The van der Waals surface area contributed by atoms with Gasteiger partial charge in [-0.1, -0.05) is 23.2 Å². The van der Waals surface area contributed by atoms with E-state index in [1.54, 1.807) is 27.7 Å². The maximum Gasteiger partial charge on any atom is 0.339 e. The second kappa shape index (κ2) is 10.5. The van der Waals surface area contributed by atoms with Gasteiger partial charge in [0.15, 0.2) is 11.2 Å². The van der Waals surface area contributed by atoms with Gasteiger partial charge in [-0.15, -0.1) is 0 Å². The number of benzene rings is 1. The lowest BCUT2D eigenvalue weighted by molar-refractivity contribution is 0.216. The molecule has 0 saturated carbocycles. The molecule has 0 unspecified atom stereocenters. The zero-order valence-corrected chi connectivity index (χ0v) is 21.4. The number of fused-ring (bicyclic) bond motifs is 2.